The monoisotopic (exact) mass is 274 g/mol. The molecule has 0 aliphatic carbocycles. The molecule has 1 aromatic carbocycles. The molecule has 1 aromatic heterocycles. The summed E-state index contributed by atoms with van der Waals surface area (Å²) in [6, 6.07) is 7.96. The van der Waals surface area contributed by atoms with Crippen molar-refractivity contribution in [2.45, 2.75) is 12.8 Å². The largest absolute Gasteiger partial charge is 0.352 e. The van der Waals surface area contributed by atoms with Crippen LogP contribution in [-0.4, -0.2) is 25.5 Å². The maximum atomic E-state index is 12.1. The molecule has 0 saturated carbocycles. The number of amides is 1. The zero-order valence-electron chi connectivity index (χ0n) is 10.8. The van der Waals surface area contributed by atoms with E-state index >= 15 is 0 Å². The summed E-state index contributed by atoms with van der Waals surface area (Å²) in [5.41, 5.74) is 0.760. The van der Waals surface area contributed by atoms with Gasteiger partial charge in [-0.25, -0.2) is 0 Å². The standard InChI is InChI=1S/C15H18N2OS/c18-15(17-7-4-11-3-6-16-10-11)13-1-2-14-12(9-13)5-8-19-14/h1-2,5,8-9,11,16H,3-4,6-7,10H2,(H,17,18). The lowest BCUT2D eigenvalue weighted by molar-refractivity contribution is 0.0952. The van der Waals surface area contributed by atoms with E-state index in [-0.39, 0.29) is 5.91 Å². The Hall–Kier alpha value is -1.39. The Kier molecular flexibility index (Phi) is 3.80. The van der Waals surface area contributed by atoms with Crippen molar-refractivity contribution in [1.82, 2.24) is 10.6 Å². The lowest BCUT2D eigenvalue weighted by atomic mass is 10.1. The van der Waals surface area contributed by atoms with Gasteiger partial charge < -0.3 is 10.6 Å². The Bertz CT molecular complexity index is 572. The van der Waals surface area contributed by atoms with Gasteiger partial charge in [-0.2, -0.15) is 0 Å². The van der Waals surface area contributed by atoms with E-state index in [2.05, 4.69) is 22.1 Å². The van der Waals surface area contributed by atoms with Crippen LogP contribution in [0.4, 0.5) is 0 Å². The van der Waals surface area contributed by atoms with E-state index in [0.29, 0.717) is 0 Å². The molecule has 3 nitrogen and oxygen atoms in total. The molecular weight excluding hydrogens is 256 g/mol. The lowest BCUT2D eigenvalue weighted by Crippen LogP contribution is -2.26. The van der Waals surface area contributed by atoms with Gasteiger partial charge >= 0.3 is 0 Å². The number of hydrogen-bond donors (Lipinski definition) is 2. The molecule has 100 valence electrons. The number of hydrogen-bond acceptors (Lipinski definition) is 3. The van der Waals surface area contributed by atoms with E-state index in [4.69, 9.17) is 0 Å². The molecule has 1 saturated heterocycles. The minimum absolute atomic E-state index is 0.0408. The molecule has 0 radical (unpaired) electrons. The van der Waals surface area contributed by atoms with Crippen LogP contribution in [0, 0.1) is 5.92 Å². The van der Waals surface area contributed by atoms with Crippen LogP contribution >= 0.6 is 11.3 Å². The maximum absolute atomic E-state index is 12.1. The highest BCUT2D eigenvalue weighted by atomic mass is 32.1. The zero-order chi connectivity index (χ0) is 13.1. The van der Waals surface area contributed by atoms with Gasteiger partial charge in [0.25, 0.3) is 5.91 Å². The third-order valence-corrected chi connectivity index (χ3v) is 4.61. The van der Waals surface area contributed by atoms with Crippen LogP contribution in [0.2, 0.25) is 0 Å². The summed E-state index contributed by atoms with van der Waals surface area (Å²) in [5, 5.41) is 9.57. The van der Waals surface area contributed by atoms with Crippen LogP contribution in [0.5, 0.6) is 0 Å². The van der Waals surface area contributed by atoms with Crippen molar-refractivity contribution in [3.63, 3.8) is 0 Å². The molecule has 0 spiro atoms. The SMILES string of the molecule is O=C(NCCC1CCNC1)c1ccc2sccc2c1. The Morgan fingerprint density at radius 1 is 1.42 bits per heavy atom. The number of carbonyl (C=O) groups is 1. The highest BCUT2D eigenvalue weighted by molar-refractivity contribution is 7.17. The minimum Gasteiger partial charge on any atom is -0.352 e. The molecule has 2 N–H and O–H groups in total. The molecule has 1 atom stereocenters. The van der Waals surface area contributed by atoms with Gasteiger partial charge in [0.2, 0.25) is 0 Å². The van der Waals surface area contributed by atoms with Crippen LogP contribution in [-0.2, 0) is 0 Å². The van der Waals surface area contributed by atoms with E-state index in [1.165, 1.54) is 11.1 Å². The van der Waals surface area contributed by atoms with Crippen LogP contribution in [0.3, 0.4) is 0 Å². The van der Waals surface area contributed by atoms with Crippen molar-refractivity contribution in [1.29, 1.82) is 0 Å². The second kappa shape index (κ2) is 5.72. The first-order valence-corrected chi connectivity index (χ1v) is 7.67. The Balaban J connectivity index is 1.56. The molecule has 1 aliphatic rings. The van der Waals surface area contributed by atoms with Crippen LogP contribution in [0.1, 0.15) is 23.2 Å². The van der Waals surface area contributed by atoms with Crippen molar-refractivity contribution in [3.8, 4) is 0 Å². The van der Waals surface area contributed by atoms with Crippen molar-refractivity contribution < 1.29 is 4.79 Å². The Labute approximate surface area is 117 Å². The highest BCUT2D eigenvalue weighted by Crippen LogP contribution is 2.21. The molecule has 1 amide bonds. The normalized spacial score (nSPS) is 18.8. The summed E-state index contributed by atoms with van der Waals surface area (Å²) in [5.74, 6) is 0.763. The van der Waals surface area contributed by atoms with Gasteiger partial charge in [-0.05, 0) is 66.9 Å². The van der Waals surface area contributed by atoms with Crippen LogP contribution in [0.15, 0.2) is 29.6 Å². The molecule has 1 fully saturated rings. The number of fused-ring (bicyclic) bond motifs is 1. The molecule has 0 bridgehead atoms. The first-order chi connectivity index (χ1) is 9.33. The second-order valence-corrected chi connectivity index (χ2v) is 6.02. The summed E-state index contributed by atoms with van der Waals surface area (Å²) in [7, 11) is 0. The Morgan fingerprint density at radius 2 is 2.37 bits per heavy atom. The molecule has 3 rings (SSSR count). The predicted octanol–water partition coefficient (Wildman–Crippen LogP) is 2.63. The lowest BCUT2D eigenvalue weighted by Gasteiger charge is -2.09. The topological polar surface area (TPSA) is 41.1 Å². The van der Waals surface area contributed by atoms with Crippen molar-refractivity contribution in [3.05, 3.63) is 35.2 Å². The molecule has 4 heteroatoms. The summed E-state index contributed by atoms with van der Waals surface area (Å²) < 4.78 is 1.23. The minimum atomic E-state index is 0.0408. The quantitative estimate of drug-likeness (QED) is 0.900. The molecule has 1 aliphatic heterocycles. The number of benzene rings is 1. The van der Waals surface area contributed by atoms with E-state index in [9.17, 15) is 4.79 Å². The fourth-order valence-corrected chi connectivity index (χ4v) is 3.33. The number of rotatable bonds is 4. The van der Waals surface area contributed by atoms with Gasteiger partial charge in [0.05, 0.1) is 0 Å². The van der Waals surface area contributed by atoms with Crippen molar-refractivity contribution >= 4 is 27.3 Å². The number of thiophene rings is 1. The summed E-state index contributed by atoms with van der Waals surface area (Å²) in [4.78, 5) is 12.1. The van der Waals surface area contributed by atoms with Gasteiger partial charge in [-0.1, -0.05) is 0 Å². The van der Waals surface area contributed by atoms with Crippen LogP contribution < -0.4 is 10.6 Å². The summed E-state index contributed by atoms with van der Waals surface area (Å²) in [6.07, 6.45) is 2.30. The molecule has 2 heterocycles. The van der Waals surface area contributed by atoms with E-state index in [1.807, 2.05) is 18.2 Å². The summed E-state index contributed by atoms with van der Waals surface area (Å²) in [6.45, 7) is 2.98. The van der Waals surface area contributed by atoms with E-state index in [0.717, 1.165) is 42.9 Å². The van der Waals surface area contributed by atoms with E-state index in [1.54, 1.807) is 11.3 Å². The molecular formula is C15H18N2OS. The zero-order valence-corrected chi connectivity index (χ0v) is 11.6. The van der Waals surface area contributed by atoms with E-state index < -0.39 is 0 Å². The van der Waals surface area contributed by atoms with Gasteiger partial charge in [-0.15, -0.1) is 11.3 Å². The molecule has 2 aromatic rings. The molecule has 1 unspecified atom stereocenters. The van der Waals surface area contributed by atoms with Gasteiger partial charge in [0, 0.05) is 16.8 Å². The third kappa shape index (κ3) is 2.96. The van der Waals surface area contributed by atoms with Gasteiger partial charge in [-0.3, -0.25) is 4.79 Å². The van der Waals surface area contributed by atoms with Gasteiger partial charge in [0.15, 0.2) is 0 Å². The van der Waals surface area contributed by atoms with Crippen molar-refractivity contribution in [2.75, 3.05) is 19.6 Å². The Morgan fingerprint density at radius 3 is 3.21 bits per heavy atom. The maximum Gasteiger partial charge on any atom is 0.251 e. The predicted molar refractivity (Wildman–Crippen MR) is 79.8 cm³/mol. The second-order valence-electron chi connectivity index (χ2n) is 5.08. The smallest absolute Gasteiger partial charge is 0.251 e. The molecule has 19 heavy (non-hydrogen) atoms. The highest BCUT2D eigenvalue weighted by Gasteiger charge is 2.14. The third-order valence-electron chi connectivity index (χ3n) is 3.72. The van der Waals surface area contributed by atoms with Gasteiger partial charge in [0.1, 0.15) is 0 Å². The fraction of sp³-hybridized carbons (Fsp3) is 0.400. The number of nitrogens with one attached hydrogen (secondary N) is 2. The number of carbonyl (C=O) groups excluding carboxylic acids is 1. The summed E-state index contributed by atoms with van der Waals surface area (Å²) >= 11 is 1.70. The van der Waals surface area contributed by atoms with Crippen LogP contribution in [0.25, 0.3) is 10.1 Å². The first-order valence-electron chi connectivity index (χ1n) is 6.79. The first kappa shape index (κ1) is 12.6. The fourth-order valence-electron chi connectivity index (χ4n) is 2.56. The van der Waals surface area contributed by atoms with Crippen molar-refractivity contribution in [2.24, 2.45) is 5.92 Å². The average Bonchev–Trinajstić information content (AvgIpc) is 3.08. The average molecular weight is 274 g/mol.